The molecule has 0 saturated carbocycles. The minimum Gasteiger partial charge on any atom is -0.741 e. The molecule has 0 aliphatic heterocycles. The standard InChI is InChI=1S/C13H19N2.CHF3O3S/c1-3-9-14-11-15(10-4-2)13-8-6-5-7-12(13)14;2-1(3,4)8(5,6)7/h5-8,11H,3-4,9-10H2,1-2H3;(H,5,6,7)/q+1;/p-1. The Morgan fingerprint density at radius 1 is 1.17 bits per heavy atom. The van der Waals surface area contributed by atoms with E-state index in [-0.39, 0.29) is 0 Å². The molecule has 0 unspecified atom stereocenters. The van der Waals surface area contributed by atoms with E-state index < -0.39 is 15.6 Å². The summed E-state index contributed by atoms with van der Waals surface area (Å²) in [6, 6.07) is 8.64. The molecule has 0 aliphatic rings. The maximum atomic E-state index is 10.7. The average Bonchev–Trinajstić information content (AvgIpc) is 2.77. The number of nitrogens with zero attached hydrogens (tertiary/aromatic N) is 2. The number of hydrogen-bond donors (Lipinski definition) is 0. The van der Waals surface area contributed by atoms with Crippen molar-refractivity contribution in [2.75, 3.05) is 0 Å². The van der Waals surface area contributed by atoms with Crippen LogP contribution in [0.15, 0.2) is 30.6 Å². The van der Waals surface area contributed by atoms with Gasteiger partial charge in [0.2, 0.25) is 6.33 Å². The molecule has 130 valence electrons. The molecule has 2 rings (SSSR count). The number of fused-ring (bicyclic) bond motifs is 1. The molecule has 2 aromatic rings. The van der Waals surface area contributed by atoms with Crippen molar-refractivity contribution >= 4 is 21.2 Å². The first-order valence-corrected chi connectivity index (χ1v) is 8.52. The predicted octanol–water partition coefficient (Wildman–Crippen LogP) is 2.80. The highest BCUT2D eigenvalue weighted by atomic mass is 32.2. The van der Waals surface area contributed by atoms with Crippen molar-refractivity contribution in [3.05, 3.63) is 30.6 Å². The normalized spacial score (nSPS) is 12.1. The molecule has 0 fully saturated rings. The lowest BCUT2D eigenvalue weighted by molar-refractivity contribution is -0.672. The van der Waals surface area contributed by atoms with Crippen molar-refractivity contribution in [3.63, 3.8) is 0 Å². The molecule has 1 heterocycles. The van der Waals surface area contributed by atoms with Crippen LogP contribution in [0.5, 0.6) is 0 Å². The zero-order valence-electron chi connectivity index (χ0n) is 12.9. The van der Waals surface area contributed by atoms with Crippen LogP contribution in [-0.2, 0) is 23.2 Å². The highest BCUT2D eigenvalue weighted by Gasteiger charge is 2.36. The minimum absolute atomic E-state index is 1.11. The third-order valence-corrected chi connectivity index (χ3v) is 3.56. The summed E-state index contributed by atoms with van der Waals surface area (Å²) in [5.74, 6) is 0. The molecule has 1 aromatic heterocycles. The minimum atomic E-state index is -6.09. The van der Waals surface area contributed by atoms with Crippen LogP contribution in [-0.4, -0.2) is 23.0 Å². The van der Waals surface area contributed by atoms with Gasteiger partial charge in [0.15, 0.2) is 21.2 Å². The van der Waals surface area contributed by atoms with Crippen LogP contribution in [0.3, 0.4) is 0 Å². The van der Waals surface area contributed by atoms with Gasteiger partial charge < -0.3 is 4.55 Å². The fourth-order valence-corrected chi connectivity index (χ4v) is 2.08. The third kappa shape index (κ3) is 5.21. The van der Waals surface area contributed by atoms with Crippen LogP contribution in [0.1, 0.15) is 26.7 Å². The molecule has 0 N–H and O–H groups in total. The topological polar surface area (TPSA) is 66.0 Å². The Balaban J connectivity index is 0.000000284. The summed E-state index contributed by atoms with van der Waals surface area (Å²) < 4.78 is 63.6. The maximum Gasteiger partial charge on any atom is 0.485 e. The molecule has 0 amide bonds. The van der Waals surface area contributed by atoms with Gasteiger partial charge in [0.25, 0.3) is 0 Å². The number of hydrogen-bond acceptors (Lipinski definition) is 3. The Bertz CT molecular complexity index is 699. The van der Waals surface area contributed by atoms with Crippen LogP contribution < -0.4 is 4.57 Å². The largest absolute Gasteiger partial charge is 0.741 e. The number of halogens is 3. The summed E-state index contributed by atoms with van der Waals surface area (Å²) >= 11 is 0. The van der Waals surface area contributed by atoms with E-state index in [1.165, 1.54) is 23.9 Å². The van der Waals surface area contributed by atoms with Crippen molar-refractivity contribution in [1.29, 1.82) is 0 Å². The zero-order valence-corrected chi connectivity index (χ0v) is 13.7. The monoisotopic (exact) mass is 352 g/mol. The Hall–Kier alpha value is -1.61. The lowest BCUT2D eigenvalue weighted by Gasteiger charge is -2.08. The van der Waals surface area contributed by atoms with Gasteiger partial charge in [0.1, 0.15) is 0 Å². The number of para-hydroxylation sites is 2. The number of benzene rings is 1. The van der Waals surface area contributed by atoms with Gasteiger partial charge in [-0.15, -0.1) is 0 Å². The molecular weight excluding hydrogens is 333 g/mol. The first-order chi connectivity index (χ1) is 10.6. The third-order valence-electron chi connectivity index (χ3n) is 2.99. The number of rotatable bonds is 4. The molecule has 1 aromatic carbocycles. The average molecular weight is 352 g/mol. The van der Waals surface area contributed by atoms with Crippen LogP contribution in [0.4, 0.5) is 13.2 Å². The van der Waals surface area contributed by atoms with Crippen molar-refractivity contribution < 1.29 is 30.7 Å². The Kier molecular flexibility index (Phi) is 6.57. The summed E-state index contributed by atoms with van der Waals surface area (Å²) in [6.45, 7) is 6.66. The van der Waals surface area contributed by atoms with E-state index in [0.717, 1.165) is 13.1 Å². The summed E-state index contributed by atoms with van der Waals surface area (Å²) in [4.78, 5) is 0. The molecule has 0 aliphatic carbocycles. The first-order valence-electron chi connectivity index (χ1n) is 7.11. The fourth-order valence-electron chi connectivity index (χ4n) is 2.08. The molecule has 0 spiro atoms. The molecular formula is C14H19F3N2O3S. The van der Waals surface area contributed by atoms with Gasteiger partial charge in [-0.3, -0.25) is 0 Å². The molecule has 0 atom stereocenters. The fraction of sp³-hybridized carbons (Fsp3) is 0.500. The second kappa shape index (κ2) is 7.78. The van der Waals surface area contributed by atoms with Gasteiger partial charge in [-0.1, -0.05) is 26.0 Å². The van der Waals surface area contributed by atoms with Crippen molar-refractivity contribution in [2.24, 2.45) is 0 Å². The number of aromatic nitrogens is 2. The zero-order chi connectivity index (χ0) is 17.7. The van der Waals surface area contributed by atoms with E-state index >= 15 is 0 Å². The van der Waals surface area contributed by atoms with E-state index in [0.29, 0.717) is 0 Å². The highest BCUT2D eigenvalue weighted by molar-refractivity contribution is 7.86. The van der Waals surface area contributed by atoms with E-state index in [2.05, 4.69) is 53.6 Å². The lowest BCUT2D eigenvalue weighted by atomic mass is 10.3. The van der Waals surface area contributed by atoms with Crippen molar-refractivity contribution in [2.45, 2.75) is 45.3 Å². The van der Waals surface area contributed by atoms with Crippen molar-refractivity contribution in [3.8, 4) is 0 Å². The number of aryl methyl sites for hydroxylation is 2. The molecule has 0 radical (unpaired) electrons. The quantitative estimate of drug-likeness (QED) is 0.483. The Labute approximate surface area is 133 Å². The maximum absolute atomic E-state index is 10.7. The summed E-state index contributed by atoms with van der Waals surface area (Å²) in [5, 5.41) is 0. The molecule has 0 saturated heterocycles. The second-order valence-electron chi connectivity index (χ2n) is 4.89. The van der Waals surface area contributed by atoms with E-state index in [1.807, 2.05) is 0 Å². The molecule has 9 heteroatoms. The number of alkyl halides is 3. The smallest absolute Gasteiger partial charge is 0.485 e. The van der Waals surface area contributed by atoms with Gasteiger partial charge in [-0.05, 0) is 25.0 Å². The van der Waals surface area contributed by atoms with Gasteiger partial charge in [0, 0.05) is 0 Å². The van der Waals surface area contributed by atoms with Gasteiger partial charge in [-0.2, -0.15) is 13.2 Å². The summed E-state index contributed by atoms with van der Waals surface area (Å²) in [6.07, 6.45) is 4.62. The Morgan fingerprint density at radius 2 is 1.74 bits per heavy atom. The highest BCUT2D eigenvalue weighted by Crippen LogP contribution is 2.20. The Morgan fingerprint density at radius 3 is 2.22 bits per heavy atom. The summed E-state index contributed by atoms with van der Waals surface area (Å²) in [7, 11) is -6.09. The summed E-state index contributed by atoms with van der Waals surface area (Å²) in [5.41, 5.74) is -2.94. The van der Waals surface area contributed by atoms with Crippen molar-refractivity contribution in [1.82, 2.24) is 4.57 Å². The van der Waals surface area contributed by atoms with Crippen LogP contribution in [0.25, 0.3) is 11.0 Å². The first kappa shape index (κ1) is 19.4. The van der Waals surface area contributed by atoms with Gasteiger partial charge in [0.05, 0.1) is 13.1 Å². The van der Waals surface area contributed by atoms with Gasteiger partial charge >= 0.3 is 5.51 Å². The molecule has 23 heavy (non-hydrogen) atoms. The second-order valence-corrected chi connectivity index (χ2v) is 6.26. The van der Waals surface area contributed by atoms with Gasteiger partial charge in [-0.25, -0.2) is 17.6 Å². The number of imidazole rings is 1. The molecule has 0 bridgehead atoms. The van der Waals surface area contributed by atoms with Crippen LogP contribution >= 0.6 is 0 Å². The molecule has 5 nitrogen and oxygen atoms in total. The van der Waals surface area contributed by atoms with Crippen LogP contribution in [0.2, 0.25) is 0 Å². The predicted molar refractivity (Wildman–Crippen MR) is 78.5 cm³/mol. The van der Waals surface area contributed by atoms with Crippen LogP contribution in [0, 0.1) is 0 Å². The lowest BCUT2D eigenvalue weighted by Crippen LogP contribution is -2.31. The SMILES string of the molecule is CCCn1c[n+](CCC)c2ccccc21.O=S(=O)([O-])C(F)(F)F. The van der Waals surface area contributed by atoms with E-state index in [4.69, 9.17) is 13.0 Å². The van der Waals surface area contributed by atoms with E-state index in [1.54, 1.807) is 0 Å². The van der Waals surface area contributed by atoms with E-state index in [9.17, 15) is 13.2 Å².